The van der Waals surface area contributed by atoms with Crippen molar-refractivity contribution in [3.8, 4) is 0 Å². The Balaban J connectivity index is 2.13. The van der Waals surface area contributed by atoms with E-state index in [1.165, 1.54) is 0 Å². The molecule has 0 unspecified atom stereocenters. The normalized spacial score (nSPS) is 23.7. The van der Waals surface area contributed by atoms with E-state index < -0.39 is 10.0 Å². The SMILES string of the molecule is CCNS(=O)(=O)[C@@H]1CCOC[C@@H]1Cc1ccc(Cl)cc1. The largest absolute Gasteiger partial charge is 0.381 e. The second kappa shape index (κ2) is 6.89. The molecular formula is C14H20ClNO3S. The summed E-state index contributed by atoms with van der Waals surface area (Å²) < 4.78 is 32.6. The van der Waals surface area contributed by atoms with Crippen LogP contribution in [0.5, 0.6) is 0 Å². The van der Waals surface area contributed by atoms with Gasteiger partial charge in [-0.2, -0.15) is 0 Å². The Bertz CT molecular complexity index is 530. The fourth-order valence-corrected chi connectivity index (χ4v) is 4.44. The average Bonchev–Trinajstić information content (AvgIpc) is 2.42. The van der Waals surface area contributed by atoms with Gasteiger partial charge in [-0.1, -0.05) is 30.7 Å². The van der Waals surface area contributed by atoms with Crippen molar-refractivity contribution >= 4 is 21.6 Å². The molecule has 0 aromatic heterocycles. The third kappa shape index (κ3) is 3.95. The van der Waals surface area contributed by atoms with Crippen molar-refractivity contribution in [3.63, 3.8) is 0 Å². The zero-order valence-electron chi connectivity index (χ0n) is 11.5. The average molecular weight is 318 g/mol. The van der Waals surface area contributed by atoms with Gasteiger partial charge in [-0.3, -0.25) is 0 Å². The highest BCUT2D eigenvalue weighted by Gasteiger charge is 2.35. The molecule has 1 aliphatic heterocycles. The van der Waals surface area contributed by atoms with E-state index in [-0.39, 0.29) is 11.2 Å². The lowest BCUT2D eigenvalue weighted by molar-refractivity contribution is 0.0570. The molecule has 0 saturated carbocycles. The Morgan fingerprint density at radius 3 is 2.70 bits per heavy atom. The summed E-state index contributed by atoms with van der Waals surface area (Å²) in [6.45, 7) is 3.21. The molecule has 1 saturated heterocycles. The van der Waals surface area contributed by atoms with Crippen LogP contribution in [-0.2, 0) is 21.2 Å². The molecule has 0 amide bonds. The predicted octanol–water partition coefficient (Wildman–Crippen LogP) is 2.23. The van der Waals surface area contributed by atoms with E-state index in [4.69, 9.17) is 16.3 Å². The molecule has 0 bridgehead atoms. The van der Waals surface area contributed by atoms with Gasteiger partial charge >= 0.3 is 0 Å². The van der Waals surface area contributed by atoms with Gasteiger partial charge in [0.15, 0.2) is 0 Å². The summed E-state index contributed by atoms with van der Waals surface area (Å²) in [6, 6.07) is 7.53. The van der Waals surface area contributed by atoms with E-state index in [0.717, 1.165) is 5.56 Å². The van der Waals surface area contributed by atoms with E-state index in [1.54, 1.807) is 6.92 Å². The van der Waals surface area contributed by atoms with Crippen molar-refractivity contribution in [3.05, 3.63) is 34.9 Å². The summed E-state index contributed by atoms with van der Waals surface area (Å²) >= 11 is 5.87. The molecule has 1 aliphatic rings. The van der Waals surface area contributed by atoms with Crippen LogP contribution in [0.3, 0.4) is 0 Å². The molecule has 1 aromatic carbocycles. The second-order valence-electron chi connectivity index (χ2n) is 5.04. The van der Waals surface area contributed by atoms with Crippen molar-refractivity contribution in [2.24, 2.45) is 5.92 Å². The number of sulfonamides is 1. The Kier molecular flexibility index (Phi) is 5.43. The highest BCUT2D eigenvalue weighted by atomic mass is 35.5. The number of rotatable bonds is 5. The van der Waals surface area contributed by atoms with Crippen LogP contribution in [0.25, 0.3) is 0 Å². The van der Waals surface area contributed by atoms with Gasteiger partial charge in [0.25, 0.3) is 0 Å². The molecule has 20 heavy (non-hydrogen) atoms. The molecule has 0 radical (unpaired) electrons. The first-order chi connectivity index (χ1) is 9.53. The summed E-state index contributed by atoms with van der Waals surface area (Å²) in [6.07, 6.45) is 1.24. The topological polar surface area (TPSA) is 55.4 Å². The van der Waals surface area contributed by atoms with E-state index in [2.05, 4.69) is 4.72 Å². The monoisotopic (exact) mass is 317 g/mol. The number of halogens is 1. The molecule has 6 heteroatoms. The Morgan fingerprint density at radius 1 is 1.35 bits per heavy atom. The number of ether oxygens (including phenoxy) is 1. The summed E-state index contributed by atoms with van der Waals surface area (Å²) in [7, 11) is -3.27. The minimum atomic E-state index is -3.27. The number of hydrogen-bond acceptors (Lipinski definition) is 3. The van der Waals surface area contributed by atoms with E-state index in [9.17, 15) is 8.42 Å². The zero-order chi connectivity index (χ0) is 14.6. The lowest BCUT2D eigenvalue weighted by Crippen LogP contribution is -2.44. The van der Waals surface area contributed by atoms with E-state index >= 15 is 0 Å². The van der Waals surface area contributed by atoms with Gasteiger partial charge in [-0.25, -0.2) is 13.1 Å². The zero-order valence-corrected chi connectivity index (χ0v) is 13.1. The van der Waals surface area contributed by atoms with Crippen LogP contribution in [0.2, 0.25) is 5.02 Å². The third-order valence-electron chi connectivity index (χ3n) is 3.56. The van der Waals surface area contributed by atoms with Gasteiger partial charge in [-0.05, 0) is 30.5 Å². The number of hydrogen-bond donors (Lipinski definition) is 1. The van der Waals surface area contributed by atoms with Crippen LogP contribution in [-0.4, -0.2) is 33.4 Å². The van der Waals surface area contributed by atoms with Gasteiger partial charge < -0.3 is 4.74 Å². The molecule has 112 valence electrons. The summed E-state index contributed by atoms with van der Waals surface area (Å²) in [5.74, 6) is -0.0195. The number of nitrogens with one attached hydrogen (secondary N) is 1. The molecule has 4 nitrogen and oxygen atoms in total. The van der Waals surface area contributed by atoms with E-state index in [1.807, 2.05) is 24.3 Å². The van der Waals surface area contributed by atoms with Crippen molar-refractivity contribution < 1.29 is 13.2 Å². The lowest BCUT2D eigenvalue weighted by Gasteiger charge is -2.31. The van der Waals surface area contributed by atoms with Gasteiger partial charge in [0, 0.05) is 24.1 Å². The minimum Gasteiger partial charge on any atom is -0.381 e. The third-order valence-corrected chi connectivity index (χ3v) is 5.92. The molecule has 1 heterocycles. The first-order valence-electron chi connectivity index (χ1n) is 6.83. The fourth-order valence-electron chi connectivity index (χ4n) is 2.61. The maximum atomic E-state index is 12.3. The van der Waals surface area contributed by atoms with Gasteiger partial charge in [-0.15, -0.1) is 0 Å². The number of benzene rings is 1. The Labute approximate surface area is 125 Å². The maximum absolute atomic E-state index is 12.3. The molecule has 2 atom stereocenters. The Morgan fingerprint density at radius 2 is 2.05 bits per heavy atom. The van der Waals surface area contributed by atoms with Crippen LogP contribution in [0, 0.1) is 5.92 Å². The van der Waals surface area contributed by atoms with E-state index in [0.29, 0.717) is 37.6 Å². The highest BCUT2D eigenvalue weighted by molar-refractivity contribution is 7.90. The molecule has 1 aromatic rings. The first kappa shape index (κ1) is 15.8. The predicted molar refractivity (Wildman–Crippen MR) is 80.5 cm³/mol. The molecule has 0 spiro atoms. The van der Waals surface area contributed by atoms with Crippen LogP contribution in [0.15, 0.2) is 24.3 Å². The van der Waals surface area contributed by atoms with Crippen molar-refractivity contribution in [1.29, 1.82) is 0 Å². The lowest BCUT2D eigenvalue weighted by atomic mass is 9.94. The van der Waals surface area contributed by atoms with Crippen LogP contribution < -0.4 is 4.72 Å². The smallest absolute Gasteiger partial charge is 0.214 e. The summed E-state index contributed by atoms with van der Waals surface area (Å²) in [5, 5.41) is 0.303. The fraction of sp³-hybridized carbons (Fsp3) is 0.571. The van der Waals surface area contributed by atoms with Crippen LogP contribution >= 0.6 is 11.6 Å². The van der Waals surface area contributed by atoms with Gasteiger partial charge in [0.05, 0.1) is 11.9 Å². The summed E-state index contributed by atoms with van der Waals surface area (Å²) in [5.41, 5.74) is 1.08. The van der Waals surface area contributed by atoms with Crippen molar-refractivity contribution in [2.75, 3.05) is 19.8 Å². The highest BCUT2D eigenvalue weighted by Crippen LogP contribution is 2.25. The van der Waals surface area contributed by atoms with Crippen molar-refractivity contribution in [2.45, 2.75) is 25.0 Å². The second-order valence-corrected chi connectivity index (χ2v) is 7.46. The van der Waals surface area contributed by atoms with Crippen LogP contribution in [0.1, 0.15) is 18.9 Å². The minimum absolute atomic E-state index is 0.0195. The Hall–Kier alpha value is -0.620. The molecule has 2 rings (SSSR count). The standard InChI is InChI=1S/C14H20ClNO3S/c1-2-16-20(17,18)14-7-8-19-10-12(14)9-11-3-5-13(15)6-4-11/h3-6,12,14,16H,2,7-10H2,1H3/t12-,14+/m0/s1. The maximum Gasteiger partial charge on any atom is 0.214 e. The molecular weight excluding hydrogens is 298 g/mol. The quantitative estimate of drug-likeness (QED) is 0.906. The summed E-state index contributed by atoms with van der Waals surface area (Å²) in [4.78, 5) is 0. The molecule has 1 fully saturated rings. The van der Waals surface area contributed by atoms with Crippen LogP contribution in [0.4, 0.5) is 0 Å². The van der Waals surface area contributed by atoms with Gasteiger partial charge in [0.2, 0.25) is 10.0 Å². The molecule has 1 N–H and O–H groups in total. The first-order valence-corrected chi connectivity index (χ1v) is 8.76. The van der Waals surface area contributed by atoms with Gasteiger partial charge in [0.1, 0.15) is 0 Å². The molecule has 0 aliphatic carbocycles. The van der Waals surface area contributed by atoms with Crippen molar-refractivity contribution in [1.82, 2.24) is 4.72 Å².